The standard InChI is InChI=1S/C9H15FN2O3/c1-5(9(14)15-2)12-8(13)7-3-6(10)4-11-7/h5-7,11H,3-4H2,1-2H3,(H,12,13)/t5?,6-,7+/m0/s1. The van der Waals surface area contributed by atoms with Gasteiger partial charge in [-0.2, -0.15) is 0 Å². The van der Waals surface area contributed by atoms with Gasteiger partial charge in [0.15, 0.2) is 0 Å². The summed E-state index contributed by atoms with van der Waals surface area (Å²) in [7, 11) is 1.25. The fraction of sp³-hybridized carbons (Fsp3) is 0.778. The Morgan fingerprint density at radius 3 is 2.73 bits per heavy atom. The number of alkyl halides is 1. The highest BCUT2D eigenvalue weighted by Gasteiger charge is 2.30. The van der Waals surface area contributed by atoms with Gasteiger partial charge < -0.3 is 15.4 Å². The molecule has 0 aromatic heterocycles. The van der Waals surface area contributed by atoms with Gasteiger partial charge in [-0.15, -0.1) is 0 Å². The molecule has 0 aromatic rings. The lowest BCUT2D eigenvalue weighted by molar-refractivity contribution is -0.144. The summed E-state index contributed by atoms with van der Waals surface area (Å²) in [5.74, 6) is -0.883. The van der Waals surface area contributed by atoms with Gasteiger partial charge in [-0.25, -0.2) is 9.18 Å². The number of halogens is 1. The summed E-state index contributed by atoms with van der Waals surface area (Å²) in [4.78, 5) is 22.5. The van der Waals surface area contributed by atoms with Crippen LogP contribution >= 0.6 is 0 Å². The van der Waals surface area contributed by atoms with Gasteiger partial charge in [0.2, 0.25) is 5.91 Å². The molecule has 0 aliphatic carbocycles. The van der Waals surface area contributed by atoms with E-state index in [-0.39, 0.29) is 18.9 Å². The second-order valence-electron chi connectivity index (χ2n) is 3.55. The van der Waals surface area contributed by atoms with E-state index in [0.29, 0.717) is 0 Å². The number of esters is 1. The molecule has 0 radical (unpaired) electrons. The summed E-state index contributed by atoms with van der Waals surface area (Å²) < 4.78 is 17.2. The van der Waals surface area contributed by atoms with Crippen molar-refractivity contribution in [1.29, 1.82) is 0 Å². The first kappa shape index (κ1) is 11.9. The van der Waals surface area contributed by atoms with Crippen LogP contribution in [-0.2, 0) is 14.3 Å². The van der Waals surface area contributed by atoms with E-state index in [1.165, 1.54) is 14.0 Å². The monoisotopic (exact) mass is 218 g/mol. The Kier molecular flexibility index (Phi) is 4.02. The number of ether oxygens (including phenoxy) is 1. The van der Waals surface area contributed by atoms with Crippen LogP contribution < -0.4 is 10.6 Å². The van der Waals surface area contributed by atoms with Crippen molar-refractivity contribution < 1.29 is 18.7 Å². The molecule has 1 aliphatic rings. The molecule has 1 saturated heterocycles. The van der Waals surface area contributed by atoms with Gasteiger partial charge in [0.1, 0.15) is 12.2 Å². The number of hydrogen-bond donors (Lipinski definition) is 2. The van der Waals surface area contributed by atoms with Crippen LogP contribution in [0.15, 0.2) is 0 Å². The van der Waals surface area contributed by atoms with Crippen LogP contribution in [0.1, 0.15) is 13.3 Å². The minimum Gasteiger partial charge on any atom is -0.467 e. The Morgan fingerprint density at radius 1 is 1.60 bits per heavy atom. The van der Waals surface area contributed by atoms with E-state index in [1.807, 2.05) is 0 Å². The lowest BCUT2D eigenvalue weighted by Gasteiger charge is -2.15. The molecule has 0 saturated carbocycles. The maximum absolute atomic E-state index is 12.8. The Balaban J connectivity index is 2.38. The van der Waals surface area contributed by atoms with Crippen LogP contribution in [0.4, 0.5) is 4.39 Å². The van der Waals surface area contributed by atoms with Crippen molar-refractivity contribution in [1.82, 2.24) is 10.6 Å². The maximum Gasteiger partial charge on any atom is 0.328 e. The van der Waals surface area contributed by atoms with Gasteiger partial charge in [0.25, 0.3) is 0 Å². The average molecular weight is 218 g/mol. The molecule has 0 bridgehead atoms. The Bertz CT molecular complexity index is 260. The summed E-state index contributed by atoms with van der Waals surface area (Å²) in [6, 6.07) is -1.25. The number of nitrogens with one attached hydrogen (secondary N) is 2. The van der Waals surface area contributed by atoms with E-state index in [2.05, 4.69) is 15.4 Å². The summed E-state index contributed by atoms with van der Waals surface area (Å²) in [6.07, 6.45) is -0.839. The van der Waals surface area contributed by atoms with Crippen LogP contribution in [0.5, 0.6) is 0 Å². The third-order valence-electron chi connectivity index (χ3n) is 2.31. The third kappa shape index (κ3) is 3.16. The normalized spacial score (nSPS) is 27.1. The first-order valence-corrected chi connectivity index (χ1v) is 4.80. The molecule has 2 N–H and O–H groups in total. The van der Waals surface area contributed by atoms with Crippen molar-refractivity contribution in [2.24, 2.45) is 0 Å². The SMILES string of the molecule is COC(=O)C(C)NC(=O)[C@H]1C[C@H](F)CN1. The molecular formula is C9H15FN2O3. The summed E-state index contributed by atoms with van der Waals surface area (Å²) in [5.41, 5.74) is 0. The lowest BCUT2D eigenvalue weighted by atomic mass is 10.2. The molecule has 86 valence electrons. The minimum atomic E-state index is -0.991. The van der Waals surface area contributed by atoms with Gasteiger partial charge in [0.05, 0.1) is 13.2 Å². The second kappa shape index (κ2) is 5.06. The minimum absolute atomic E-state index is 0.153. The highest BCUT2D eigenvalue weighted by atomic mass is 19.1. The van der Waals surface area contributed by atoms with Gasteiger partial charge >= 0.3 is 5.97 Å². The van der Waals surface area contributed by atoms with Crippen molar-refractivity contribution in [3.05, 3.63) is 0 Å². The number of rotatable bonds is 3. The Morgan fingerprint density at radius 2 is 2.27 bits per heavy atom. The molecule has 1 unspecified atom stereocenters. The first-order valence-electron chi connectivity index (χ1n) is 4.80. The molecule has 1 rings (SSSR count). The molecule has 1 heterocycles. The van der Waals surface area contributed by atoms with Crippen molar-refractivity contribution >= 4 is 11.9 Å². The van der Waals surface area contributed by atoms with Gasteiger partial charge in [-0.05, 0) is 6.92 Å². The fourth-order valence-corrected chi connectivity index (χ4v) is 1.44. The van der Waals surface area contributed by atoms with Crippen molar-refractivity contribution in [3.63, 3.8) is 0 Å². The van der Waals surface area contributed by atoms with Crippen LogP contribution in [0.3, 0.4) is 0 Å². The van der Waals surface area contributed by atoms with E-state index in [9.17, 15) is 14.0 Å². The van der Waals surface area contributed by atoms with Gasteiger partial charge in [0, 0.05) is 13.0 Å². The first-order chi connectivity index (χ1) is 7.04. The smallest absolute Gasteiger partial charge is 0.328 e. The largest absolute Gasteiger partial charge is 0.467 e. The highest BCUT2D eigenvalue weighted by molar-refractivity contribution is 5.87. The third-order valence-corrected chi connectivity index (χ3v) is 2.31. The Labute approximate surface area is 87.4 Å². The van der Waals surface area contributed by atoms with Crippen molar-refractivity contribution in [2.75, 3.05) is 13.7 Å². The van der Waals surface area contributed by atoms with Crippen LogP contribution in [0.25, 0.3) is 0 Å². The number of methoxy groups -OCH3 is 1. The van der Waals surface area contributed by atoms with Crippen LogP contribution in [0.2, 0.25) is 0 Å². The zero-order chi connectivity index (χ0) is 11.4. The molecule has 1 amide bonds. The van der Waals surface area contributed by atoms with Crippen molar-refractivity contribution in [3.8, 4) is 0 Å². The second-order valence-corrected chi connectivity index (χ2v) is 3.55. The summed E-state index contributed by atoms with van der Waals surface area (Å²) in [6.45, 7) is 1.70. The van der Waals surface area contributed by atoms with Crippen molar-refractivity contribution in [2.45, 2.75) is 31.6 Å². The van der Waals surface area contributed by atoms with Gasteiger partial charge in [-0.3, -0.25) is 4.79 Å². The quantitative estimate of drug-likeness (QED) is 0.619. The average Bonchev–Trinajstić information content (AvgIpc) is 2.63. The number of amides is 1. The molecule has 0 spiro atoms. The summed E-state index contributed by atoms with van der Waals surface area (Å²) in [5, 5.41) is 5.18. The van der Waals surface area contributed by atoms with E-state index < -0.39 is 24.2 Å². The van der Waals surface area contributed by atoms with E-state index in [4.69, 9.17) is 0 Å². The molecule has 3 atom stereocenters. The number of hydrogen-bond acceptors (Lipinski definition) is 4. The highest BCUT2D eigenvalue weighted by Crippen LogP contribution is 2.09. The zero-order valence-electron chi connectivity index (χ0n) is 8.75. The summed E-state index contributed by atoms with van der Waals surface area (Å²) >= 11 is 0. The molecule has 5 nitrogen and oxygen atoms in total. The number of carbonyl (C=O) groups excluding carboxylic acids is 2. The van der Waals surface area contributed by atoms with Crippen LogP contribution in [0, 0.1) is 0 Å². The van der Waals surface area contributed by atoms with E-state index in [0.717, 1.165) is 0 Å². The molecule has 15 heavy (non-hydrogen) atoms. The predicted octanol–water partition coefficient (Wildman–Crippen LogP) is -0.636. The molecular weight excluding hydrogens is 203 g/mol. The fourth-order valence-electron chi connectivity index (χ4n) is 1.44. The molecule has 1 aliphatic heterocycles. The molecule has 1 fully saturated rings. The molecule has 6 heteroatoms. The topological polar surface area (TPSA) is 67.4 Å². The molecule has 0 aromatic carbocycles. The van der Waals surface area contributed by atoms with E-state index >= 15 is 0 Å². The van der Waals surface area contributed by atoms with E-state index in [1.54, 1.807) is 0 Å². The maximum atomic E-state index is 12.8. The predicted molar refractivity (Wildman–Crippen MR) is 50.9 cm³/mol. The van der Waals surface area contributed by atoms with Gasteiger partial charge in [-0.1, -0.05) is 0 Å². The lowest BCUT2D eigenvalue weighted by Crippen LogP contribution is -2.47. The van der Waals surface area contributed by atoms with Crippen LogP contribution in [-0.4, -0.2) is 43.8 Å². The number of carbonyl (C=O) groups is 2. The zero-order valence-corrected chi connectivity index (χ0v) is 8.75. The Hall–Kier alpha value is -1.17.